The minimum Gasteiger partial charge on any atom is -0.204 e. The largest absolute Gasteiger partial charge is 0.204 e. The molecular weight excluding hydrogens is 330 g/mol. The maximum atomic E-state index is 13.3. The van der Waals surface area contributed by atoms with Crippen LogP contribution in [-0.4, -0.2) is 11.9 Å². The van der Waals surface area contributed by atoms with Crippen molar-refractivity contribution in [2.45, 2.75) is 39.0 Å². The van der Waals surface area contributed by atoms with Crippen LogP contribution >= 0.6 is 0 Å². The molecule has 1 aliphatic carbocycles. The van der Waals surface area contributed by atoms with Gasteiger partial charge in [-0.1, -0.05) is 49.7 Å². The molecule has 136 valence electrons. The van der Waals surface area contributed by atoms with Crippen LogP contribution in [0.2, 0.25) is 0 Å². The molecule has 0 aliphatic heterocycles. The van der Waals surface area contributed by atoms with Crippen molar-refractivity contribution in [3.63, 3.8) is 0 Å². The molecule has 0 aromatic heterocycles. The highest BCUT2D eigenvalue weighted by molar-refractivity contribution is 6.02. The van der Waals surface area contributed by atoms with Crippen molar-refractivity contribution in [2.75, 3.05) is 0 Å². The average molecular weight is 354 g/mol. The van der Waals surface area contributed by atoms with Gasteiger partial charge in [-0.25, -0.2) is 8.78 Å². The summed E-state index contributed by atoms with van der Waals surface area (Å²) in [6.45, 7) is 2.25. The molecule has 0 radical (unpaired) electrons. The minimum atomic E-state index is -0.876. The standard InChI is InChI=1S/C22H24F2N2/c1-2-16-8-11-19(12-9-16)22(18-6-4-3-5-7-18)26-25-15-17-10-13-20(23)21(24)14-17/h3-7,10,13-16,19H,2,8-9,11-12H2,1H3. The molecule has 0 spiro atoms. The third-order valence-corrected chi connectivity index (χ3v) is 5.20. The summed E-state index contributed by atoms with van der Waals surface area (Å²) in [5.74, 6) is -0.529. The van der Waals surface area contributed by atoms with Crippen LogP contribution in [0.4, 0.5) is 8.78 Å². The third kappa shape index (κ3) is 4.63. The highest BCUT2D eigenvalue weighted by atomic mass is 19.2. The number of halogens is 2. The Morgan fingerprint density at radius 2 is 1.73 bits per heavy atom. The van der Waals surface area contributed by atoms with Crippen molar-refractivity contribution >= 4 is 11.9 Å². The van der Waals surface area contributed by atoms with Gasteiger partial charge in [0.15, 0.2) is 11.6 Å². The average Bonchev–Trinajstić information content (AvgIpc) is 2.69. The first-order valence-electron chi connectivity index (χ1n) is 9.28. The molecule has 0 atom stereocenters. The molecule has 0 heterocycles. The van der Waals surface area contributed by atoms with Crippen LogP contribution in [0.25, 0.3) is 0 Å². The lowest BCUT2D eigenvalue weighted by Gasteiger charge is -2.28. The molecule has 1 fully saturated rings. The lowest BCUT2D eigenvalue weighted by Crippen LogP contribution is -2.22. The second-order valence-corrected chi connectivity index (χ2v) is 6.90. The quantitative estimate of drug-likeness (QED) is 0.464. The summed E-state index contributed by atoms with van der Waals surface area (Å²) in [6.07, 6.45) is 7.39. The Bertz CT molecular complexity index is 776. The zero-order chi connectivity index (χ0) is 18.4. The van der Waals surface area contributed by atoms with Gasteiger partial charge in [-0.2, -0.15) is 10.2 Å². The fourth-order valence-corrected chi connectivity index (χ4v) is 3.58. The van der Waals surface area contributed by atoms with Crippen LogP contribution in [-0.2, 0) is 0 Å². The van der Waals surface area contributed by atoms with E-state index >= 15 is 0 Å². The Balaban J connectivity index is 1.82. The van der Waals surface area contributed by atoms with Crippen LogP contribution < -0.4 is 0 Å². The summed E-state index contributed by atoms with van der Waals surface area (Å²) in [6, 6.07) is 13.8. The van der Waals surface area contributed by atoms with Gasteiger partial charge in [-0.05, 0) is 54.9 Å². The highest BCUT2D eigenvalue weighted by Crippen LogP contribution is 2.33. The molecule has 2 aromatic rings. The van der Waals surface area contributed by atoms with E-state index in [4.69, 9.17) is 0 Å². The van der Waals surface area contributed by atoms with Gasteiger partial charge in [-0.3, -0.25) is 0 Å². The first-order valence-corrected chi connectivity index (χ1v) is 9.28. The van der Waals surface area contributed by atoms with E-state index in [1.165, 1.54) is 31.5 Å². The molecule has 1 aliphatic rings. The third-order valence-electron chi connectivity index (χ3n) is 5.20. The summed E-state index contributed by atoms with van der Waals surface area (Å²) >= 11 is 0. The fourth-order valence-electron chi connectivity index (χ4n) is 3.58. The molecular formula is C22H24F2N2. The zero-order valence-corrected chi connectivity index (χ0v) is 15.0. The monoisotopic (exact) mass is 354 g/mol. The number of hydrogen-bond acceptors (Lipinski definition) is 2. The summed E-state index contributed by atoms with van der Waals surface area (Å²) in [5.41, 5.74) is 2.56. The molecule has 2 aromatic carbocycles. The number of benzene rings is 2. The van der Waals surface area contributed by atoms with Gasteiger partial charge in [0, 0.05) is 5.92 Å². The smallest absolute Gasteiger partial charge is 0.159 e. The minimum absolute atomic E-state index is 0.391. The predicted molar refractivity (Wildman–Crippen MR) is 103 cm³/mol. The maximum absolute atomic E-state index is 13.3. The Morgan fingerprint density at radius 1 is 1.00 bits per heavy atom. The summed E-state index contributed by atoms with van der Waals surface area (Å²) in [4.78, 5) is 0. The summed E-state index contributed by atoms with van der Waals surface area (Å²) in [7, 11) is 0. The van der Waals surface area contributed by atoms with E-state index in [2.05, 4.69) is 29.3 Å². The Morgan fingerprint density at radius 3 is 2.38 bits per heavy atom. The van der Waals surface area contributed by atoms with Gasteiger partial charge < -0.3 is 0 Å². The van der Waals surface area contributed by atoms with E-state index in [0.29, 0.717) is 11.5 Å². The van der Waals surface area contributed by atoms with Gasteiger partial charge in [0.2, 0.25) is 0 Å². The van der Waals surface area contributed by atoms with Crippen LogP contribution in [0.3, 0.4) is 0 Å². The zero-order valence-electron chi connectivity index (χ0n) is 15.0. The Kier molecular flexibility index (Phi) is 6.26. The molecule has 0 N–H and O–H groups in total. The lowest BCUT2D eigenvalue weighted by molar-refractivity contribution is 0.315. The number of nitrogens with zero attached hydrogens (tertiary/aromatic N) is 2. The predicted octanol–water partition coefficient (Wildman–Crippen LogP) is 6.00. The van der Waals surface area contributed by atoms with E-state index in [1.807, 2.05) is 18.2 Å². The van der Waals surface area contributed by atoms with Crippen molar-refractivity contribution < 1.29 is 8.78 Å². The first kappa shape index (κ1) is 18.4. The summed E-state index contributed by atoms with van der Waals surface area (Å²) in [5, 5.41) is 8.66. The van der Waals surface area contributed by atoms with Crippen LogP contribution in [0, 0.1) is 23.5 Å². The second kappa shape index (κ2) is 8.84. The molecule has 26 heavy (non-hydrogen) atoms. The van der Waals surface area contributed by atoms with Gasteiger partial charge in [0.05, 0.1) is 11.9 Å². The molecule has 0 bridgehead atoms. The molecule has 2 nitrogen and oxygen atoms in total. The van der Waals surface area contributed by atoms with Crippen molar-refractivity contribution in [3.05, 3.63) is 71.3 Å². The van der Waals surface area contributed by atoms with Gasteiger partial charge in [0.25, 0.3) is 0 Å². The van der Waals surface area contributed by atoms with Gasteiger partial charge in [0.1, 0.15) is 0 Å². The highest BCUT2D eigenvalue weighted by Gasteiger charge is 2.25. The normalized spacial score (nSPS) is 21.3. The van der Waals surface area contributed by atoms with Crippen molar-refractivity contribution in [1.29, 1.82) is 0 Å². The lowest BCUT2D eigenvalue weighted by atomic mass is 9.77. The topological polar surface area (TPSA) is 24.7 Å². The molecule has 0 amide bonds. The molecule has 0 saturated heterocycles. The van der Waals surface area contributed by atoms with Crippen LogP contribution in [0.15, 0.2) is 58.7 Å². The first-order chi connectivity index (χ1) is 12.7. The van der Waals surface area contributed by atoms with E-state index in [-0.39, 0.29) is 0 Å². The van der Waals surface area contributed by atoms with Crippen LogP contribution in [0.5, 0.6) is 0 Å². The Labute approximate surface area is 153 Å². The van der Waals surface area contributed by atoms with E-state index < -0.39 is 11.6 Å². The molecule has 4 heteroatoms. The maximum Gasteiger partial charge on any atom is 0.159 e. The van der Waals surface area contributed by atoms with Gasteiger partial charge >= 0.3 is 0 Å². The molecule has 1 saturated carbocycles. The van der Waals surface area contributed by atoms with E-state index in [9.17, 15) is 8.78 Å². The van der Waals surface area contributed by atoms with Gasteiger partial charge in [-0.15, -0.1) is 0 Å². The molecule has 3 rings (SSSR count). The van der Waals surface area contributed by atoms with Crippen LogP contribution in [0.1, 0.15) is 50.2 Å². The number of rotatable bonds is 5. The molecule has 0 unspecified atom stereocenters. The fraction of sp³-hybridized carbons (Fsp3) is 0.364. The van der Waals surface area contributed by atoms with Crippen molar-refractivity contribution in [3.8, 4) is 0 Å². The SMILES string of the molecule is CCC1CCC(C(=NN=Cc2ccc(F)c(F)c2)c2ccccc2)CC1. The second-order valence-electron chi connectivity index (χ2n) is 6.90. The number of hydrogen-bond donors (Lipinski definition) is 0. The van der Waals surface area contributed by atoms with E-state index in [0.717, 1.165) is 42.2 Å². The van der Waals surface area contributed by atoms with E-state index in [1.54, 1.807) is 0 Å². The Hall–Kier alpha value is -2.36. The summed E-state index contributed by atoms with van der Waals surface area (Å²) < 4.78 is 26.3. The van der Waals surface area contributed by atoms with Crippen molar-refractivity contribution in [2.24, 2.45) is 22.0 Å². The van der Waals surface area contributed by atoms with Crippen molar-refractivity contribution in [1.82, 2.24) is 0 Å².